The fraction of sp³-hybridized carbons (Fsp3) is 0.812. The maximum Gasteiger partial charge on any atom is 0.191 e. The van der Waals surface area contributed by atoms with Gasteiger partial charge in [-0.15, -0.1) is 10.2 Å². The molecule has 0 amide bonds. The highest BCUT2D eigenvalue weighted by Gasteiger charge is 2.16. The van der Waals surface area contributed by atoms with Crippen LogP contribution in [0.2, 0.25) is 0 Å². The number of guanidine groups is 1. The summed E-state index contributed by atoms with van der Waals surface area (Å²) in [4.78, 5) is 4.60. The number of nitrogens with zero attached hydrogens (tertiary/aromatic N) is 4. The molecule has 0 saturated carbocycles. The van der Waals surface area contributed by atoms with E-state index in [0.717, 1.165) is 43.8 Å². The summed E-state index contributed by atoms with van der Waals surface area (Å²) < 4.78 is 12.7. The molecule has 1 aromatic rings. The van der Waals surface area contributed by atoms with Crippen LogP contribution in [0.5, 0.6) is 0 Å². The predicted octanol–water partition coefficient (Wildman–Crippen LogP) is 1.01. The maximum atomic E-state index is 5.44. The number of nitrogens with one attached hydrogen (secondary N) is 2. The Hall–Kier alpha value is -1.67. The normalized spacial score (nSPS) is 12.5. The summed E-state index contributed by atoms with van der Waals surface area (Å²) in [5.74, 6) is 2.44. The minimum Gasteiger partial charge on any atom is -0.382 e. The first kappa shape index (κ1) is 20.4. The molecule has 8 heteroatoms. The molecule has 2 N–H and O–H groups in total. The van der Waals surface area contributed by atoms with Crippen molar-refractivity contribution in [3.8, 4) is 0 Å². The highest BCUT2D eigenvalue weighted by atomic mass is 16.5. The number of aromatic nitrogens is 3. The van der Waals surface area contributed by atoms with Crippen LogP contribution >= 0.6 is 0 Å². The minimum atomic E-state index is -0.269. The van der Waals surface area contributed by atoms with Crippen LogP contribution in [0.25, 0.3) is 0 Å². The van der Waals surface area contributed by atoms with Gasteiger partial charge in [-0.05, 0) is 34.1 Å². The lowest BCUT2D eigenvalue weighted by atomic mass is 10.1. The molecule has 1 aromatic heterocycles. The smallest absolute Gasteiger partial charge is 0.191 e. The number of aryl methyl sites for hydroxylation is 1. The van der Waals surface area contributed by atoms with Crippen molar-refractivity contribution in [3.05, 3.63) is 11.6 Å². The Morgan fingerprint density at radius 3 is 2.62 bits per heavy atom. The highest BCUT2D eigenvalue weighted by molar-refractivity contribution is 5.79. The average molecular weight is 340 g/mol. The molecule has 1 rings (SSSR count). The van der Waals surface area contributed by atoms with E-state index in [1.54, 1.807) is 7.11 Å². The van der Waals surface area contributed by atoms with Crippen molar-refractivity contribution in [1.29, 1.82) is 0 Å². The van der Waals surface area contributed by atoms with Crippen LogP contribution in [0, 0.1) is 6.92 Å². The van der Waals surface area contributed by atoms with E-state index in [9.17, 15) is 0 Å². The highest BCUT2D eigenvalue weighted by Crippen LogP contribution is 2.05. The summed E-state index contributed by atoms with van der Waals surface area (Å²) in [6.07, 6.45) is 0.922. The second kappa shape index (κ2) is 10.2. The van der Waals surface area contributed by atoms with Gasteiger partial charge in [0, 0.05) is 40.5 Å². The first-order chi connectivity index (χ1) is 11.4. The molecule has 0 fully saturated rings. The van der Waals surface area contributed by atoms with E-state index in [1.165, 1.54) is 0 Å². The molecule has 0 aromatic carbocycles. The van der Waals surface area contributed by atoms with Gasteiger partial charge in [-0.1, -0.05) is 0 Å². The molecule has 0 atom stereocenters. The van der Waals surface area contributed by atoms with Crippen LogP contribution in [-0.4, -0.2) is 59.7 Å². The summed E-state index contributed by atoms with van der Waals surface area (Å²) in [6.45, 7) is 11.4. The quantitative estimate of drug-likeness (QED) is 0.376. The molecular formula is C16H32N6O2. The second-order valence-corrected chi connectivity index (χ2v) is 6.18. The third kappa shape index (κ3) is 7.27. The second-order valence-electron chi connectivity index (χ2n) is 6.18. The third-order valence-corrected chi connectivity index (χ3v) is 3.76. The Balaban J connectivity index is 2.61. The van der Waals surface area contributed by atoms with E-state index in [2.05, 4.69) is 25.8 Å². The maximum absolute atomic E-state index is 5.44. The Morgan fingerprint density at radius 1 is 1.29 bits per heavy atom. The zero-order chi connectivity index (χ0) is 18.0. The van der Waals surface area contributed by atoms with Gasteiger partial charge in [0.2, 0.25) is 0 Å². The largest absolute Gasteiger partial charge is 0.382 e. The van der Waals surface area contributed by atoms with Gasteiger partial charge in [-0.2, -0.15) is 0 Å². The van der Waals surface area contributed by atoms with Crippen LogP contribution in [0.1, 0.15) is 38.8 Å². The third-order valence-electron chi connectivity index (χ3n) is 3.76. The molecule has 1 heterocycles. The standard InChI is InChI=1S/C16H32N6O2/c1-7-24-10-8-9-17-15(19-12-16(3,4)23-6)18-11-14-21-20-13(2)22(14)5/h7-12H2,1-6H3,(H2,17,18,19). The zero-order valence-corrected chi connectivity index (χ0v) is 15.8. The summed E-state index contributed by atoms with van der Waals surface area (Å²) >= 11 is 0. The van der Waals surface area contributed by atoms with E-state index >= 15 is 0 Å². The molecule has 0 radical (unpaired) electrons. The molecule has 8 nitrogen and oxygen atoms in total. The molecule has 0 bridgehead atoms. The zero-order valence-electron chi connectivity index (χ0n) is 15.8. The van der Waals surface area contributed by atoms with Crippen molar-refractivity contribution < 1.29 is 9.47 Å². The SMILES string of the molecule is CCOCCCNC(=NCc1nnc(C)n1C)NCC(C)(C)OC. The molecule has 0 saturated heterocycles. The van der Waals surface area contributed by atoms with Gasteiger partial charge in [0.15, 0.2) is 11.8 Å². The van der Waals surface area contributed by atoms with Gasteiger partial charge < -0.3 is 24.7 Å². The first-order valence-corrected chi connectivity index (χ1v) is 8.39. The summed E-state index contributed by atoms with van der Waals surface area (Å²) in [7, 11) is 3.65. The first-order valence-electron chi connectivity index (χ1n) is 8.39. The van der Waals surface area contributed by atoms with Crippen LogP contribution in [0.3, 0.4) is 0 Å². The fourth-order valence-corrected chi connectivity index (χ4v) is 1.81. The Bertz CT molecular complexity index is 513. The van der Waals surface area contributed by atoms with E-state index < -0.39 is 0 Å². The van der Waals surface area contributed by atoms with Gasteiger partial charge in [0.25, 0.3) is 0 Å². The van der Waals surface area contributed by atoms with E-state index in [-0.39, 0.29) is 5.60 Å². The van der Waals surface area contributed by atoms with Crippen LogP contribution < -0.4 is 10.6 Å². The van der Waals surface area contributed by atoms with Crippen molar-refractivity contribution in [2.75, 3.05) is 33.4 Å². The van der Waals surface area contributed by atoms with E-state index in [1.807, 2.05) is 39.3 Å². The number of aliphatic imine (C=N–C) groups is 1. The van der Waals surface area contributed by atoms with E-state index in [4.69, 9.17) is 9.47 Å². The summed E-state index contributed by atoms with van der Waals surface area (Å²) in [5.41, 5.74) is -0.269. The van der Waals surface area contributed by atoms with Crippen molar-refractivity contribution in [3.63, 3.8) is 0 Å². The van der Waals surface area contributed by atoms with Crippen molar-refractivity contribution in [2.45, 2.75) is 46.3 Å². The van der Waals surface area contributed by atoms with Crippen molar-refractivity contribution >= 4 is 5.96 Å². The topological polar surface area (TPSA) is 85.6 Å². The lowest BCUT2D eigenvalue weighted by molar-refractivity contribution is 0.0268. The lowest BCUT2D eigenvalue weighted by Gasteiger charge is -2.24. The molecule has 0 spiro atoms. The lowest BCUT2D eigenvalue weighted by Crippen LogP contribution is -2.45. The Morgan fingerprint density at radius 2 is 2.04 bits per heavy atom. The summed E-state index contributed by atoms with van der Waals surface area (Å²) in [5, 5.41) is 14.8. The summed E-state index contributed by atoms with van der Waals surface area (Å²) in [6, 6.07) is 0. The number of ether oxygens (including phenoxy) is 2. The van der Waals surface area contributed by atoms with Gasteiger partial charge in [-0.25, -0.2) is 4.99 Å². The fourth-order valence-electron chi connectivity index (χ4n) is 1.81. The monoisotopic (exact) mass is 340 g/mol. The van der Waals surface area contributed by atoms with Crippen LogP contribution in [0.4, 0.5) is 0 Å². The van der Waals surface area contributed by atoms with Gasteiger partial charge >= 0.3 is 0 Å². The molecule has 24 heavy (non-hydrogen) atoms. The van der Waals surface area contributed by atoms with Gasteiger partial charge in [0.1, 0.15) is 12.4 Å². The van der Waals surface area contributed by atoms with Crippen molar-refractivity contribution in [1.82, 2.24) is 25.4 Å². The number of hydrogen-bond acceptors (Lipinski definition) is 5. The Kier molecular flexibility index (Phi) is 8.70. The molecule has 0 aliphatic rings. The molecule has 138 valence electrons. The molecule has 0 aliphatic carbocycles. The number of rotatable bonds is 10. The average Bonchev–Trinajstić information content (AvgIpc) is 2.88. The molecule has 0 unspecified atom stereocenters. The predicted molar refractivity (Wildman–Crippen MR) is 95.1 cm³/mol. The van der Waals surface area contributed by atoms with Gasteiger partial charge in [-0.3, -0.25) is 0 Å². The minimum absolute atomic E-state index is 0.269. The van der Waals surface area contributed by atoms with Crippen molar-refractivity contribution in [2.24, 2.45) is 12.0 Å². The van der Waals surface area contributed by atoms with Gasteiger partial charge in [0.05, 0.1) is 5.60 Å². The van der Waals surface area contributed by atoms with Crippen LogP contribution in [0.15, 0.2) is 4.99 Å². The van der Waals surface area contributed by atoms with E-state index in [0.29, 0.717) is 13.1 Å². The van der Waals surface area contributed by atoms with Crippen LogP contribution in [-0.2, 0) is 23.1 Å². The Labute approximate surface area is 145 Å². The molecule has 0 aliphatic heterocycles. The number of methoxy groups -OCH3 is 1. The molecular weight excluding hydrogens is 308 g/mol. The number of hydrogen-bond donors (Lipinski definition) is 2.